The van der Waals surface area contributed by atoms with Gasteiger partial charge in [-0.3, -0.25) is 0 Å². The highest BCUT2D eigenvalue weighted by atomic mass is 32.2. The monoisotopic (exact) mass is 446 g/mol. The maximum absolute atomic E-state index is 5.24. The number of fused-ring (bicyclic) bond motifs is 5. The number of thiophene rings is 1. The van der Waals surface area contributed by atoms with Gasteiger partial charge in [-0.2, -0.15) is 0 Å². The number of pyridine rings is 1. The van der Waals surface area contributed by atoms with Crippen LogP contribution in [0.25, 0.3) is 31.7 Å². The van der Waals surface area contributed by atoms with Crippen LogP contribution in [-0.2, 0) is 12.8 Å². The van der Waals surface area contributed by atoms with E-state index in [9.17, 15) is 0 Å². The van der Waals surface area contributed by atoms with Crippen molar-refractivity contribution < 1.29 is 0 Å². The Balaban J connectivity index is 1.65. The van der Waals surface area contributed by atoms with Crippen LogP contribution in [0.4, 0.5) is 5.82 Å². The number of thioether (sulfide) groups is 1. The Morgan fingerprint density at radius 2 is 1.84 bits per heavy atom. The topological polar surface area (TPSA) is 41.9 Å². The van der Waals surface area contributed by atoms with Crippen LogP contribution in [0.1, 0.15) is 43.7 Å². The van der Waals surface area contributed by atoms with Crippen molar-refractivity contribution in [3.63, 3.8) is 0 Å². The highest BCUT2D eigenvalue weighted by Crippen LogP contribution is 2.45. The molecule has 0 unspecified atom stereocenters. The first-order valence-corrected chi connectivity index (χ1v) is 13.3. The summed E-state index contributed by atoms with van der Waals surface area (Å²) in [6.45, 7) is 3.42. The predicted molar refractivity (Wildman–Crippen MR) is 133 cm³/mol. The molecule has 0 amide bonds. The fourth-order valence-corrected chi connectivity index (χ4v) is 6.78. The molecule has 1 saturated heterocycles. The number of anilines is 1. The second-order valence-corrected chi connectivity index (χ2v) is 10.4. The zero-order chi connectivity index (χ0) is 20.9. The maximum Gasteiger partial charge on any atom is 0.189 e. The van der Waals surface area contributed by atoms with E-state index in [2.05, 4.69) is 48.4 Å². The molecule has 1 aliphatic heterocycles. The van der Waals surface area contributed by atoms with Crippen molar-refractivity contribution in [2.75, 3.05) is 17.7 Å². The molecule has 31 heavy (non-hydrogen) atoms. The van der Waals surface area contributed by atoms with Gasteiger partial charge in [-0.1, -0.05) is 42.1 Å². The van der Waals surface area contributed by atoms with Gasteiger partial charge in [0.05, 0.1) is 15.9 Å². The molecule has 4 heterocycles. The third-order valence-corrected chi connectivity index (χ3v) is 8.42. The van der Waals surface area contributed by atoms with E-state index in [1.54, 1.807) is 23.1 Å². The third-order valence-electron chi connectivity index (χ3n) is 6.80. The Bertz CT molecular complexity index is 1280. The molecule has 1 fully saturated rings. The van der Waals surface area contributed by atoms with Crippen LogP contribution in [0.3, 0.4) is 0 Å². The van der Waals surface area contributed by atoms with E-state index in [1.165, 1.54) is 52.5 Å². The Hall–Kier alpha value is -2.18. The summed E-state index contributed by atoms with van der Waals surface area (Å²) >= 11 is 3.43. The zero-order valence-electron chi connectivity index (χ0n) is 18.0. The number of nitrogens with zero attached hydrogens (tertiary/aromatic N) is 4. The van der Waals surface area contributed by atoms with Crippen LogP contribution in [0.15, 0.2) is 35.5 Å². The Kier molecular flexibility index (Phi) is 4.87. The van der Waals surface area contributed by atoms with Gasteiger partial charge in [0.25, 0.3) is 0 Å². The van der Waals surface area contributed by atoms with Crippen LogP contribution in [0, 0.1) is 0 Å². The molecule has 3 aromatic heterocycles. The summed E-state index contributed by atoms with van der Waals surface area (Å²) in [6, 6.07) is 11.2. The molecule has 4 nitrogen and oxygen atoms in total. The predicted octanol–water partition coefficient (Wildman–Crippen LogP) is 6.50. The molecule has 158 valence electrons. The Morgan fingerprint density at radius 3 is 2.65 bits per heavy atom. The van der Waals surface area contributed by atoms with E-state index < -0.39 is 0 Å². The van der Waals surface area contributed by atoms with Crippen LogP contribution >= 0.6 is 23.1 Å². The zero-order valence-corrected chi connectivity index (χ0v) is 19.7. The highest BCUT2D eigenvalue weighted by molar-refractivity contribution is 7.98. The molecule has 0 radical (unpaired) electrons. The van der Waals surface area contributed by atoms with E-state index in [0.717, 1.165) is 46.4 Å². The maximum atomic E-state index is 5.24. The minimum Gasteiger partial charge on any atom is -0.353 e. The van der Waals surface area contributed by atoms with Crippen molar-refractivity contribution in [1.29, 1.82) is 0 Å². The minimum absolute atomic E-state index is 0.519. The van der Waals surface area contributed by atoms with Gasteiger partial charge in [-0.25, -0.2) is 15.0 Å². The largest absolute Gasteiger partial charge is 0.353 e. The summed E-state index contributed by atoms with van der Waals surface area (Å²) in [5, 5.41) is 2.16. The fourth-order valence-electron chi connectivity index (χ4n) is 5.27. The summed E-state index contributed by atoms with van der Waals surface area (Å²) < 4.78 is 1.22. The lowest BCUT2D eigenvalue weighted by molar-refractivity contribution is 0.481. The molecule has 1 atom stereocenters. The van der Waals surface area contributed by atoms with Crippen LogP contribution in [0.5, 0.6) is 0 Å². The molecule has 1 aliphatic carbocycles. The average Bonchev–Trinajstić information content (AvgIpc) is 3.43. The van der Waals surface area contributed by atoms with Gasteiger partial charge in [0.1, 0.15) is 4.83 Å². The number of benzene rings is 1. The highest BCUT2D eigenvalue weighted by Gasteiger charge is 2.28. The minimum atomic E-state index is 0.519. The first-order chi connectivity index (χ1) is 15.2. The smallest absolute Gasteiger partial charge is 0.189 e. The standard InChI is InChI=1S/C25H26N4S2/c1-15-9-6-7-14-29(15)23-22-21(27-25(28-23)30-2)19-17-12-8-13-18(17)20(26-24(19)31-22)16-10-4-3-5-11-16/h3-5,10-11,15H,6-9,12-14H2,1-2H3/t15-/m1/s1. The number of aryl methyl sites for hydroxylation is 1. The number of piperidine rings is 1. The summed E-state index contributed by atoms with van der Waals surface area (Å²) in [6.07, 6.45) is 9.28. The molecule has 0 N–H and O–H groups in total. The lowest BCUT2D eigenvalue weighted by atomic mass is 10.0. The summed E-state index contributed by atoms with van der Waals surface area (Å²) in [4.78, 5) is 18.9. The van der Waals surface area contributed by atoms with Crippen molar-refractivity contribution in [2.45, 2.75) is 56.6 Å². The van der Waals surface area contributed by atoms with E-state index in [-0.39, 0.29) is 0 Å². The van der Waals surface area contributed by atoms with Gasteiger partial charge in [-0.05, 0) is 62.8 Å². The molecule has 6 rings (SSSR count). The van der Waals surface area contributed by atoms with E-state index >= 15 is 0 Å². The molecular weight excluding hydrogens is 420 g/mol. The van der Waals surface area contributed by atoms with Gasteiger partial charge in [-0.15, -0.1) is 11.3 Å². The lowest BCUT2D eigenvalue weighted by Gasteiger charge is -2.34. The number of aromatic nitrogens is 3. The van der Waals surface area contributed by atoms with Gasteiger partial charge in [0.15, 0.2) is 11.0 Å². The molecule has 2 aliphatic rings. The van der Waals surface area contributed by atoms with Gasteiger partial charge >= 0.3 is 0 Å². The van der Waals surface area contributed by atoms with Crippen molar-refractivity contribution in [3.8, 4) is 11.3 Å². The van der Waals surface area contributed by atoms with Crippen LogP contribution < -0.4 is 4.90 Å². The molecule has 0 bridgehead atoms. The van der Waals surface area contributed by atoms with Gasteiger partial charge in [0.2, 0.25) is 0 Å². The molecule has 0 saturated carbocycles. The Labute approximate surface area is 191 Å². The fraction of sp³-hybridized carbons (Fsp3) is 0.400. The quantitative estimate of drug-likeness (QED) is 0.265. The van der Waals surface area contributed by atoms with Crippen LogP contribution in [-0.4, -0.2) is 33.8 Å². The molecule has 0 spiro atoms. The average molecular weight is 447 g/mol. The van der Waals surface area contributed by atoms with Gasteiger partial charge < -0.3 is 4.90 Å². The molecule has 6 heteroatoms. The second-order valence-electron chi connectivity index (χ2n) is 8.67. The number of rotatable bonds is 3. The summed E-state index contributed by atoms with van der Waals surface area (Å²) in [5.41, 5.74) is 6.41. The van der Waals surface area contributed by atoms with Crippen molar-refractivity contribution >= 4 is 49.3 Å². The summed E-state index contributed by atoms with van der Waals surface area (Å²) in [7, 11) is 0. The third kappa shape index (κ3) is 3.14. The second kappa shape index (κ2) is 7.75. The van der Waals surface area contributed by atoms with E-state index in [4.69, 9.17) is 15.0 Å². The van der Waals surface area contributed by atoms with Crippen molar-refractivity contribution in [1.82, 2.24) is 15.0 Å². The normalized spacial score (nSPS) is 18.8. The van der Waals surface area contributed by atoms with Crippen LogP contribution in [0.2, 0.25) is 0 Å². The molecular formula is C25H26N4S2. The number of hydrogen-bond acceptors (Lipinski definition) is 6. The Morgan fingerprint density at radius 1 is 1.00 bits per heavy atom. The molecule has 1 aromatic carbocycles. The van der Waals surface area contributed by atoms with E-state index in [0.29, 0.717) is 6.04 Å². The number of hydrogen-bond donors (Lipinski definition) is 0. The molecule has 4 aromatic rings. The SMILES string of the molecule is CSc1nc(N2CCCC[C@H]2C)c2sc3nc(-c4ccccc4)c4c(c3c2n1)CCC4. The first-order valence-electron chi connectivity index (χ1n) is 11.3. The summed E-state index contributed by atoms with van der Waals surface area (Å²) in [5.74, 6) is 1.12. The van der Waals surface area contributed by atoms with Crippen molar-refractivity contribution in [3.05, 3.63) is 41.5 Å². The lowest BCUT2D eigenvalue weighted by Crippen LogP contribution is -2.38. The first kappa shape index (κ1) is 19.5. The van der Waals surface area contributed by atoms with Crippen molar-refractivity contribution in [2.24, 2.45) is 0 Å². The van der Waals surface area contributed by atoms with E-state index in [1.807, 2.05) is 0 Å². The van der Waals surface area contributed by atoms with Gasteiger partial charge in [0, 0.05) is 23.5 Å².